The maximum absolute atomic E-state index is 12.0. The molecule has 1 aliphatic rings. The first-order valence-electron chi connectivity index (χ1n) is 8.36. The molecule has 0 aromatic carbocycles. The summed E-state index contributed by atoms with van der Waals surface area (Å²) in [6.07, 6.45) is 5.65. The van der Waals surface area contributed by atoms with Crippen molar-refractivity contribution in [1.82, 2.24) is 10.2 Å². The fourth-order valence-corrected chi connectivity index (χ4v) is 2.93. The van der Waals surface area contributed by atoms with Gasteiger partial charge in [-0.05, 0) is 24.2 Å². The number of nitrogens with zero attached hydrogens (tertiary/aromatic N) is 1. The minimum atomic E-state index is 0.302. The van der Waals surface area contributed by atoms with E-state index in [2.05, 4.69) is 37.9 Å². The fraction of sp³-hybridized carbons (Fsp3) is 0.941. The van der Waals surface area contributed by atoms with E-state index in [4.69, 9.17) is 0 Å². The number of hydrogen-bond acceptors (Lipinski definition) is 2. The lowest BCUT2D eigenvalue weighted by Crippen LogP contribution is -2.52. The molecule has 1 rings (SSSR count). The number of likely N-dealkylation sites (tertiary alicyclic amines) is 1. The van der Waals surface area contributed by atoms with Crippen LogP contribution in [0.1, 0.15) is 66.7 Å². The Morgan fingerprint density at radius 2 is 1.95 bits per heavy atom. The number of carbonyl (C=O) groups is 1. The van der Waals surface area contributed by atoms with Gasteiger partial charge in [-0.15, -0.1) is 0 Å². The Kier molecular flexibility index (Phi) is 7.01. The fourth-order valence-electron chi connectivity index (χ4n) is 2.93. The third-order valence-electron chi connectivity index (χ3n) is 4.08. The van der Waals surface area contributed by atoms with Crippen molar-refractivity contribution in [2.24, 2.45) is 11.3 Å². The molecule has 3 heteroatoms. The molecule has 1 N–H and O–H groups in total. The minimum Gasteiger partial charge on any atom is -0.341 e. The van der Waals surface area contributed by atoms with E-state index >= 15 is 0 Å². The van der Waals surface area contributed by atoms with Crippen molar-refractivity contribution in [2.75, 3.05) is 19.6 Å². The summed E-state index contributed by atoms with van der Waals surface area (Å²) in [6.45, 7) is 13.9. The van der Waals surface area contributed by atoms with E-state index in [0.29, 0.717) is 29.7 Å². The number of amides is 1. The van der Waals surface area contributed by atoms with E-state index in [1.54, 1.807) is 0 Å². The van der Waals surface area contributed by atoms with Gasteiger partial charge in [-0.2, -0.15) is 0 Å². The molecule has 118 valence electrons. The van der Waals surface area contributed by atoms with Crippen molar-refractivity contribution in [2.45, 2.75) is 72.8 Å². The average molecular weight is 282 g/mol. The van der Waals surface area contributed by atoms with Gasteiger partial charge in [0.2, 0.25) is 5.91 Å². The summed E-state index contributed by atoms with van der Waals surface area (Å²) in [7, 11) is 0. The van der Waals surface area contributed by atoms with Crippen LogP contribution in [0.4, 0.5) is 0 Å². The summed E-state index contributed by atoms with van der Waals surface area (Å²) >= 11 is 0. The first-order valence-corrected chi connectivity index (χ1v) is 8.36. The zero-order chi connectivity index (χ0) is 15.2. The van der Waals surface area contributed by atoms with E-state index in [9.17, 15) is 4.79 Å². The van der Waals surface area contributed by atoms with Crippen LogP contribution in [0.15, 0.2) is 0 Å². The predicted molar refractivity (Wildman–Crippen MR) is 85.7 cm³/mol. The molecule has 0 aliphatic carbocycles. The molecule has 0 aromatic rings. The Morgan fingerprint density at radius 3 is 2.50 bits per heavy atom. The van der Waals surface area contributed by atoms with Gasteiger partial charge in [-0.3, -0.25) is 4.79 Å². The summed E-state index contributed by atoms with van der Waals surface area (Å²) in [4.78, 5) is 14.1. The van der Waals surface area contributed by atoms with Crippen LogP contribution in [0.25, 0.3) is 0 Å². The second-order valence-electron chi connectivity index (χ2n) is 7.53. The molecule has 1 fully saturated rings. The van der Waals surface area contributed by atoms with Crippen molar-refractivity contribution in [3.63, 3.8) is 0 Å². The molecule has 0 saturated carbocycles. The molecule has 1 saturated heterocycles. The van der Waals surface area contributed by atoms with Crippen molar-refractivity contribution in [3.8, 4) is 0 Å². The van der Waals surface area contributed by atoms with Crippen LogP contribution < -0.4 is 5.32 Å². The summed E-state index contributed by atoms with van der Waals surface area (Å²) < 4.78 is 0. The number of unbranched alkanes of at least 4 members (excludes halogenated alkanes) is 1. The molecule has 1 amide bonds. The lowest BCUT2D eigenvalue weighted by Gasteiger charge is -2.39. The zero-order valence-electron chi connectivity index (χ0n) is 14.2. The Labute approximate surface area is 125 Å². The van der Waals surface area contributed by atoms with Gasteiger partial charge in [0.25, 0.3) is 0 Å². The standard InChI is InChI=1S/C17H34N2O/c1-6-8-9-14-10-15(18-13-17(3,4)5)12-19(11-14)16(20)7-2/h14-15,18H,6-13H2,1-5H3. The highest BCUT2D eigenvalue weighted by Gasteiger charge is 2.29. The average Bonchev–Trinajstić information content (AvgIpc) is 2.41. The summed E-state index contributed by atoms with van der Waals surface area (Å²) in [5.41, 5.74) is 0.302. The van der Waals surface area contributed by atoms with Gasteiger partial charge in [0, 0.05) is 32.1 Å². The van der Waals surface area contributed by atoms with Crippen LogP contribution in [0, 0.1) is 11.3 Å². The van der Waals surface area contributed by atoms with Crippen molar-refractivity contribution in [1.29, 1.82) is 0 Å². The second-order valence-corrected chi connectivity index (χ2v) is 7.53. The van der Waals surface area contributed by atoms with Crippen LogP contribution in [0.3, 0.4) is 0 Å². The Bertz CT molecular complexity index is 296. The Morgan fingerprint density at radius 1 is 1.25 bits per heavy atom. The zero-order valence-corrected chi connectivity index (χ0v) is 14.2. The van der Waals surface area contributed by atoms with Crippen molar-refractivity contribution in [3.05, 3.63) is 0 Å². The van der Waals surface area contributed by atoms with Gasteiger partial charge in [-0.1, -0.05) is 47.5 Å². The van der Waals surface area contributed by atoms with Crippen molar-refractivity contribution >= 4 is 5.91 Å². The van der Waals surface area contributed by atoms with Gasteiger partial charge >= 0.3 is 0 Å². The summed E-state index contributed by atoms with van der Waals surface area (Å²) in [5, 5.41) is 3.68. The van der Waals surface area contributed by atoms with Crippen LogP contribution in [0.2, 0.25) is 0 Å². The summed E-state index contributed by atoms with van der Waals surface area (Å²) in [6, 6.07) is 0.473. The van der Waals surface area contributed by atoms with Crippen molar-refractivity contribution < 1.29 is 4.79 Å². The lowest BCUT2D eigenvalue weighted by atomic mass is 9.88. The molecule has 0 aromatic heterocycles. The van der Waals surface area contributed by atoms with Gasteiger partial charge in [0.1, 0.15) is 0 Å². The molecule has 2 atom stereocenters. The lowest BCUT2D eigenvalue weighted by molar-refractivity contribution is -0.133. The first kappa shape index (κ1) is 17.5. The number of hydrogen-bond donors (Lipinski definition) is 1. The number of carbonyl (C=O) groups excluding carboxylic acids is 1. The summed E-state index contributed by atoms with van der Waals surface area (Å²) in [5.74, 6) is 0.991. The minimum absolute atomic E-state index is 0.302. The maximum Gasteiger partial charge on any atom is 0.222 e. The van der Waals surface area contributed by atoms with E-state index in [1.165, 1.54) is 25.7 Å². The molecule has 20 heavy (non-hydrogen) atoms. The molecule has 3 nitrogen and oxygen atoms in total. The number of nitrogens with one attached hydrogen (secondary N) is 1. The highest BCUT2D eigenvalue weighted by atomic mass is 16.2. The largest absolute Gasteiger partial charge is 0.341 e. The molecule has 1 heterocycles. The molecule has 0 radical (unpaired) electrons. The van der Waals surface area contributed by atoms with Crippen LogP contribution in [-0.2, 0) is 4.79 Å². The van der Waals surface area contributed by atoms with Gasteiger partial charge in [0.15, 0.2) is 0 Å². The van der Waals surface area contributed by atoms with E-state index < -0.39 is 0 Å². The first-order chi connectivity index (χ1) is 9.35. The molecule has 0 spiro atoms. The molecule has 0 bridgehead atoms. The second kappa shape index (κ2) is 8.02. The van der Waals surface area contributed by atoms with Crippen LogP contribution in [0.5, 0.6) is 0 Å². The third kappa shape index (κ3) is 6.25. The topological polar surface area (TPSA) is 32.3 Å². The van der Waals surface area contributed by atoms with Crippen LogP contribution >= 0.6 is 0 Å². The van der Waals surface area contributed by atoms with Gasteiger partial charge in [0.05, 0.1) is 0 Å². The highest BCUT2D eigenvalue weighted by Crippen LogP contribution is 2.23. The molecular formula is C17H34N2O. The SMILES string of the molecule is CCCCC1CC(NCC(C)(C)C)CN(C(=O)CC)C1. The van der Waals surface area contributed by atoms with E-state index in [1.807, 2.05) is 6.92 Å². The smallest absolute Gasteiger partial charge is 0.222 e. The van der Waals surface area contributed by atoms with Gasteiger partial charge in [-0.25, -0.2) is 0 Å². The Balaban J connectivity index is 2.57. The third-order valence-corrected chi connectivity index (χ3v) is 4.08. The quantitative estimate of drug-likeness (QED) is 0.809. The number of rotatable bonds is 6. The van der Waals surface area contributed by atoms with E-state index in [0.717, 1.165) is 19.6 Å². The van der Waals surface area contributed by atoms with Gasteiger partial charge < -0.3 is 10.2 Å². The molecule has 1 aliphatic heterocycles. The Hall–Kier alpha value is -0.570. The molecule has 2 unspecified atom stereocenters. The molecular weight excluding hydrogens is 248 g/mol. The maximum atomic E-state index is 12.0. The normalized spacial score (nSPS) is 23.9. The monoisotopic (exact) mass is 282 g/mol. The predicted octanol–water partition coefficient (Wildman–Crippen LogP) is 3.44. The highest BCUT2D eigenvalue weighted by molar-refractivity contribution is 5.76. The van der Waals surface area contributed by atoms with E-state index in [-0.39, 0.29) is 0 Å². The number of piperidine rings is 1. The van der Waals surface area contributed by atoms with Crippen LogP contribution in [-0.4, -0.2) is 36.5 Å².